The summed E-state index contributed by atoms with van der Waals surface area (Å²) >= 11 is 0.992. The molecule has 1 aromatic carbocycles. The van der Waals surface area contributed by atoms with Gasteiger partial charge in [-0.05, 0) is 24.1 Å². The number of benzene rings is 1. The highest BCUT2D eigenvalue weighted by molar-refractivity contribution is 7.20. The van der Waals surface area contributed by atoms with Crippen LogP contribution >= 0.6 is 11.3 Å². The number of aromatic carboxylic acids is 1. The highest BCUT2D eigenvalue weighted by Gasteiger charge is 2.18. The van der Waals surface area contributed by atoms with E-state index in [4.69, 9.17) is 10.4 Å². The lowest BCUT2D eigenvalue weighted by molar-refractivity contribution is 0.0701. The van der Waals surface area contributed by atoms with Gasteiger partial charge in [-0.25, -0.2) is 9.78 Å². The van der Waals surface area contributed by atoms with E-state index in [2.05, 4.69) is 11.1 Å². The van der Waals surface area contributed by atoms with Crippen LogP contribution < -0.4 is 5.56 Å². The summed E-state index contributed by atoms with van der Waals surface area (Å²) in [6.07, 6.45) is 1.39. The second-order valence-electron chi connectivity index (χ2n) is 4.99. The third-order valence-corrected chi connectivity index (χ3v) is 4.78. The molecule has 0 bridgehead atoms. The summed E-state index contributed by atoms with van der Waals surface area (Å²) < 4.78 is 1.39. The quantitative estimate of drug-likeness (QED) is 0.797. The molecule has 6 nitrogen and oxygen atoms in total. The van der Waals surface area contributed by atoms with Gasteiger partial charge < -0.3 is 5.11 Å². The maximum Gasteiger partial charge on any atom is 0.346 e. The first kappa shape index (κ1) is 14.9. The molecule has 0 saturated heterocycles. The Bertz CT molecular complexity index is 1030. The van der Waals surface area contributed by atoms with Crippen LogP contribution in [0.15, 0.2) is 35.4 Å². The zero-order chi connectivity index (χ0) is 16.6. The zero-order valence-corrected chi connectivity index (χ0v) is 12.9. The number of rotatable bonds is 3. The molecular formula is C16H11N3O3S. The number of nitrogens with zero attached hydrogens (tertiary/aromatic N) is 3. The minimum absolute atomic E-state index is 0.125. The van der Waals surface area contributed by atoms with Gasteiger partial charge in [0.15, 0.2) is 0 Å². The van der Waals surface area contributed by atoms with Gasteiger partial charge in [0.2, 0.25) is 0 Å². The second kappa shape index (κ2) is 5.66. The molecule has 0 saturated carbocycles. The van der Waals surface area contributed by atoms with Crippen molar-refractivity contribution in [3.05, 3.63) is 62.5 Å². The SMILES string of the molecule is Cc1c(C(=O)O)sc2ncn(Cc3ccccc3C#N)c(=O)c12. The zero-order valence-electron chi connectivity index (χ0n) is 12.1. The highest BCUT2D eigenvalue weighted by Crippen LogP contribution is 2.26. The van der Waals surface area contributed by atoms with Crippen molar-refractivity contribution in [2.75, 3.05) is 0 Å². The van der Waals surface area contributed by atoms with E-state index in [-0.39, 0.29) is 17.0 Å². The lowest BCUT2D eigenvalue weighted by atomic mass is 10.1. The fraction of sp³-hybridized carbons (Fsp3) is 0.125. The number of carbonyl (C=O) groups is 1. The molecular weight excluding hydrogens is 314 g/mol. The van der Waals surface area contributed by atoms with E-state index in [1.807, 2.05) is 0 Å². The molecule has 3 aromatic rings. The lowest BCUT2D eigenvalue weighted by Crippen LogP contribution is -2.21. The number of nitriles is 1. The van der Waals surface area contributed by atoms with Crippen molar-refractivity contribution >= 4 is 27.5 Å². The molecule has 114 valence electrons. The summed E-state index contributed by atoms with van der Waals surface area (Å²) in [5.74, 6) is -1.06. The predicted octanol–water partition coefficient (Wildman–Crippen LogP) is 2.38. The number of fused-ring (bicyclic) bond motifs is 1. The fourth-order valence-corrected chi connectivity index (χ4v) is 3.40. The number of hydrogen-bond acceptors (Lipinski definition) is 5. The van der Waals surface area contributed by atoms with Gasteiger partial charge in [0, 0.05) is 0 Å². The van der Waals surface area contributed by atoms with Crippen molar-refractivity contribution < 1.29 is 9.90 Å². The summed E-state index contributed by atoms with van der Waals surface area (Å²) in [7, 11) is 0. The minimum Gasteiger partial charge on any atom is -0.477 e. The molecule has 0 radical (unpaired) electrons. The van der Waals surface area contributed by atoms with Crippen LogP contribution in [0.5, 0.6) is 0 Å². The van der Waals surface area contributed by atoms with Crippen molar-refractivity contribution in [1.29, 1.82) is 5.26 Å². The molecule has 7 heteroatoms. The van der Waals surface area contributed by atoms with Crippen LogP contribution in [0.3, 0.4) is 0 Å². The van der Waals surface area contributed by atoms with Crippen molar-refractivity contribution in [2.45, 2.75) is 13.5 Å². The molecule has 1 N–H and O–H groups in total. The van der Waals surface area contributed by atoms with Gasteiger partial charge in [0.1, 0.15) is 9.71 Å². The van der Waals surface area contributed by atoms with Crippen molar-refractivity contribution in [3.63, 3.8) is 0 Å². The van der Waals surface area contributed by atoms with Gasteiger partial charge in [-0.1, -0.05) is 18.2 Å². The lowest BCUT2D eigenvalue weighted by Gasteiger charge is -2.07. The molecule has 0 aliphatic carbocycles. The summed E-state index contributed by atoms with van der Waals surface area (Å²) in [6.45, 7) is 1.82. The number of carboxylic acids is 1. The Morgan fingerprint density at radius 2 is 2.17 bits per heavy atom. The molecule has 0 aliphatic rings. The first-order chi connectivity index (χ1) is 11.0. The predicted molar refractivity (Wildman–Crippen MR) is 85.8 cm³/mol. The van der Waals surface area contributed by atoms with E-state index in [0.717, 1.165) is 11.3 Å². The standard InChI is InChI=1S/C16H11N3O3S/c1-9-12-14(23-13(9)16(21)22)18-8-19(15(12)20)7-11-5-3-2-4-10(11)6-17/h2-5,8H,7H2,1H3,(H,21,22). The van der Waals surface area contributed by atoms with Crippen molar-refractivity contribution in [1.82, 2.24) is 9.55 Å². The van der Waals surface area contributed by atoms with Gasteiger partial charge in [-0.3, -0.25) is 9.36 Å². The van der Waals surface area contributed by atoms with E-state index in [1.165, 1.54) is 10.9 Å². The normalized spacial score (nSPS) is 10.6. The number of thiophene rings is 1. The molecule has 3 rings (SSSR count). The third-order valence-electron chi connectivity index (χ3n) is 3.59. The van der Waals surface area contributed by atoms with Gasteiger partial charge >= 0.3 is 5.97 Å². The Balaban J connectivity index is 2.15. The Hall–Kier alpha value is -2.98. The molecule has 23 heavy (non-hydrogen) atoms. The average molecular weight is 325 g/mol. The van der Waals surface area contributed by atoms with E-state index >= 15 is 0 Å². The average Bonchev–Trinajstić information content (AvgIpc) is 2.88. The summed E-state index contributed by atoms with van der Waals surface area (Å²) in [4.78, 5) is 28.6. The molecule has 0 aliphatic heterocycles. The number of carboxylic acid groups (broad SMARTS) is 1. The largest absolute Gasteiger partial charge is 0.477 e. The van der Waals surface area contributed by atoms with Crippen LogP contribution in [0.4, 0.5) is 0 Å². The first-order valence-corrected chi connectivity index (χ1v) is 7.54. The Kier molecular flexibility index (Phi) is 3.68. The Labute approximate surface area is 134 Å². The maximum absolute atomic E-state index is 12.6. The van der Waals surface area contributed by atoms with Crippen LogP contribution in [0.25, 0.3) is 10.2 Å². The second-order valence-corrected chi connectivity index (χ2v) is 5.99. The minimum atomic E-state index is -1.06. The van der Waals surface area contributed by atoms with Crippen LogP contribution in [0.1, 0.15) is 26.4 Å². The van der Waals surface area contributed by atoms with Gasteiger partial charge in [0.25, 0.3) is 5.56 Å². The smallest absolute Gasteiger partial charge is 0.346 e. The van der Waals surface area contributed by atoms with Crippen molar-refractivity contribution in [3.8, 4) is 6.07 Å². The number of aromatic nitrogens is 2. The molecule has 0 fully saturated rings. The summed E-state index contributed by atoms with van der Waals surface area (Å²) in [6, 6.07) is 9.11. The fourth-order valence-electron chi connectivity index (χ4n) is 2.43. The Morgan fingerprint density at radius 3 is 2.87 bits per heavy atom. The van der Waals surface area contributed by atoms with Gasteiger partial charge in [0.05, 0.1) is 29.9 Å². The van der Waals surface area contributed by atoms with E-state index in [0.29, 0.717) is 26.9 Å². The van der Waals surface area contributed by atoms with Crippen LogP contribution in [0, 0.1) is 18.3 Å². The van der Waals surface area contributed by atoms with Gasteiger partial charge in [-0.2, -0.15) is 5.26 Å². The van der Waals surface area contributed by atoms with E-state index in [9.17, 15) is 9.59 Å². The van der Waals surface area contributed by atoms with Gasteiger partial charge in [-0.15, -0.1) is 11.3 Å². The molecule has 0 atom stereocenters. The van der Waals surface area contributed by atoms with Crippen LogP contribution in [-0.4, -0.2) is 20.6 Å². The molecule has 0 amide bonds. The summed E-state index contributed by atoms with van der Waals surface area (Å²) in [5.41, 5.74) is 1.33. The molecule has 2 heterocycles. The number of aryl methyl sites for hydroxylation is 1. The first-order valence-electron chi connectivity index (χ1n) is 6.72. The van der Waals surface area contributed by atoms with Crippen LogP contribution in [-0.2, 0) is 6.54 Å². The molecule has 2 aromatic heterocycles. The summed E-state index contributed by atoms with van der Waals surface area (Å²) in [5, 5.41) is 18.6. The van der Waals surface area contributed by atoms with Crippen LogP contribution in [0.2, 0.25) is 0 Å². The monoisotopic (exact) mass is 325 g/mol. The topological polar surface area (TPSA) is 96.0 Å². The third kappa shape index (κ3) is 2.49. The molecule has 0 spiro atoms. The molecule has 0 unspecified atom stereocenters. The van der Waals surface area contributed by atoms with Crippen molar-refractivity contribution in [2.24, 2.45) is 0 Å². The maximum atomic E-state index is 12.6. The van der Waals surface area contributed by atoms with E-state index < -0.39 is 5.97 Å². The highest BCUT2D eigenvalue weighted by atomic mass is 32.1. The number of hydrogen-bond donors (Lipinski definition) is 1. The Morgan fingerprint density at radius 1 is 1.43 bits per heavy atom. The van der Waals surface area contributed by atoms with E-state index in [1.54, 1.807) is 31.2 Å².